The molecule has 0 fully saturated rings. The van der Waals surface area contributed by atoms with Crippen LogP contribution in [0.25, 0.3) is 0 Å². The van der Waals surface area contributed by atoms with E-state index < -0.39 is 0 Å². The summed E-state index contributed by atoms with van der Waals surface area (Å²) in [5, 5.41) is 9.65. The first-order chi connectivity index (χ1) is 9.49. The monoisotopic (exact) mass is 353 g/mol. The van der Waals surface area contributed by atoms with E-state index in [1.165, 1.54) is 0 Å². The fourth-order valence-corrected chi connectivity index (χ4v) is 2.39. The van der Waals surface area contributed by atoms with Crippen molar-refractivity contribution in [3.63, 3.8) is 0 Å². The molecule has 0 radical (unpaired) electrons. The highest BCUT2D eigenvalue weighted by Crippen LogP contribution is 2.27. The molecule has 3 nitrogen and oxygen atoms in total. The molecule has 1 N–H and O–H groups in total. The summed E-state index contributed by atoms with van der Waals surface area (Å²) >= 11 is 9.44. The second kappa shape index (κ2) is 6.29. The Morgan fingerprint density at radius 1 is 1.25 bits per heavy atom. The van der Waals surface area contributed by atoms with Gasteiger partial charge in [0.25, 0.3) is 5.91 Å². The smallest absolute Gasteiger partial charge is 0.255 e. The van der Waals surface area contributed by atoms with Gasteiger partial charge in [0, 0.05) is 18.1 Å². The van der Waals surface area contributed by atoms with Crippen LogP contribution in [-0.2, 0) is 6.54 Å². The molecular weight excluding hydrogens is 342 g/mol. The number of nitrogens with zero attached hydrogens (tertiary/aromatic N) is 1. The zero-order valence-electron chi connectivity index (χ0n) is 10.8. The Morgan fingerprint density at radius 2 is 1.90 bits per heavy atom. The summed E-state index contributed by atoms with van der Waals surface area (Å²) in [6.07, 6.45) is 0. The standard InChI is InChI=1S/C15H13BrClNO2/c1-18(9-10-5-7-11(19)8-6-10)15(20)12-3-2-4-13(16)14(12)17/h2-8,19H,9H2,1H3. The SMILES string of the molecule is CN(Cc1ccc(O)cc1)C(=O)c1cccc(Br)c1Cl. The van der Waals surface area contributed by atoms with Gasteiger partial charge in [-0.05, 0) is 45.8 Å². The minimum absolute atomic E-state index is 0.149. The Kier molecular flexibility index (Phi) is 4.68. The third-order valence-corrected chi connectivity index (χ3v) is 4.18. The van der Waals surface area contributed by atoms with Crippen LogP contribution < -0.4 is 0 Å². The molecule has 1 amide bonds. The van der Waals surface area contributed by atoms with Gasteiger partial charge in [-0.25, -0.2) is 0 Å². The lowest BCUT2D eigenvalue weighted by Gasteiger charge is -2.18. The highest BCUT2D eigenvalue weighted by atomic mass is 79.9. The van der Waals surface area contributed by atoms with E-state index in [2.05, 4.69) is 15.9 Å². The van der Waals surface area contributed by atoms with Crippen molar-refractivity contribution in [2.75, 3.05) is 7.05 Å². The molecule has 2 aromatic rings. The maximum absolute atomic E-state index is 12.4. The summed E-state index contributed by atoms with van der Waals surface area (Å²) in [4.78, 5) is 13.9. The van der Waals surface area contributed by atoms with E-state index in [-0.39, 0.29) is 11.7 Å². The molecule has 104 valence electrons. The van der Waals surface area contributed by atoms with Gasteiger partial charge in [0.15, 0.2) is 0 Å². The first-order valence-corrected chi connectivity index (χ1v) is 7.13. The molecule has 0 unspecified atom stereocenters. The lowest BCUT2D eigenvalue weighted by molar-refractivity contribution is 0.0785. The summed E-state index contributed by atoms with van der Waals surface area (Å²) in [7, 11) is 1.71. The van der Waals surface area contributed by atoms with Crippen molar-refractivity contribution in [2.24, 2.45) is 0 Å². The minimum Gasteiger partial charge on any atom is -0.508 e. The van der Waals surface area contributed by atoms with E-state index in [4.69, 9.17) is 11.6 Å². The van der Waals surface area contributed by atoms with Crippen molar-refractivity contribution in [1.29, 1.82) is 0 Å². The van der Waals surface area contributed by atoms with E-state index in [1.54, 1.807) is 54.4 Å². The molecule has 0 aliphatic carbocycles. The van der Waals surface area contributed by atoms with Gasteiger partial charge in [-0.2, -0.15) is 0 Å². The van der Waals surface area contributed by atoms with Gasteiger partial charge < -0.3 is 10.0 Å². The maximum Gasteiger partial charge on any atom is 0.255 e. The zero-order valence-corrected chi connectivity index (χ0v) is 13.1. The quantitative estimate of drug-likeness (QED) is 0.902. The van der Waals surface area contributed by atoms with E-state index >= 15 is 0 Å². The van der Waals surface area contributed by atoms with E-state index in [0.29, 0.717) is 21.6 Å². The predicted octanol–water partition coefficient (Wildman–Crippen LogP) is 4.08. The zero-order chi connectivity index (χ0) is 14.7. The molecular formula is C15H13BrClNO2. The number of aromatic hydroxyl groups is 1. The normalized spacial score (nSPS) is 10.3. The highest BCUT2D eigenvalue weighted by Gasteiger charge is 2.16. The third kappa shape index (κ3) is 3.32. The molecule has 2 aromatic carbocycles. The summed E-state index contributed by atoms with van der Waals surface area (Å²) < 4.78 is 0.697. The van der Waals surface area contributed by atoms with Crippen molar-refractivity contribution < 1.29 is 9.90 Å². The van der Waals surface area contributed by atoms with Crippen molar-refractivity contribution in [1.82, 2.24) is 4.90 Å². The van der Waals surface area contributed by atoms with Gasteiger partial charge >= 0.3 is 0 Å². The van der Waals surface area contributed by atoms with Crippen LogP contribution in [0.3, 0.4) is 0 Å². The number of phenols is 1. The topological polar surface area (TPSA) is 40.5 Å². The third-order valence-electron chi connectivity index (χ3n) is 2.88. The predicted molar refractivity (Wildman–Crippen MR) is 83.1 cm³/mol. The van der Waals surface area contributed by atoms with Gasteiger partial charge in [-0.15, -0.1) is 0 Å². The summed E-state index contributed by atoms with van der Waals surface area (Å²) in [5.74, 6) is 0.0575. The number of benzene rings is 2. The molecule has 20 heavy (non-hydrogen) atoms. The van der Waals surface area contributed by atoms with Crippen LogP contribution in [0.5, 0.6) is 5.75 Å². The van der Waals surface area contributed by atoms with Crippen LogP contribution >= 0.6 is 27.5 Å². The van der Waals surface area contributed by atoms with E-state index in [0.717, 1.165) is 5.56 Å². The fourth-order valence-electron chi connectivity index (χ4n) is 1.82. The van der Waals surface area contributed by atoms with E-state index in [1.807, 2.05) is 0 Å². The van der Waals surface area contributed by atoms with Crippen molar-refractivity contribution >= 4 is 33.4 Å². The Bertz CT molecular complexity index is 628. The maximum atomic E-state index is 12.4. The van der Waals surface area contributed by atoms with Gasteiger partial charge in [0.05, 0.1) is 10.6 Å². The second-order valence-corrected chi connectivity index (χ2v) is 5.66. The molecule has 0 aromatic heterocycles. The largest absolute Gasteiger partial charge is 0.508 e. The summed E-state index contributed by atoms with van der Waals surface area (Å²) in [6.45, 7) is 0.446. The van der Waals surface area contributed by atoms with Gasteiger partial charge in [0.1, 0.15) is 5.75 Å². The van der Waals surface area contributed by atoms with Crippen LogP contribution in [-0.4, -0.2) is 23.0 Å². The molecule has 5 heteroatoms. The number of halogens is 2. The molecule has 0 bridgehead atoms. The highest BCUT2D eigenvalue weighted by molar-refractivity contribution is 9.10. The van der Waals surface area contributed by atoms with Gasteiger partial charge in [-0.3, -0.25) is 4.79 Å². The summed E-state index contributed by atoms with van der Waals surface area (Å²) in [6, 6.07) is 12.0. The average Bonchev–Trinajstić information content (AvgIpc) is 2.43. The van der Waals surface area contributed by atoms with Gasteiger partial charge in [-0.1, -0.05) is 29.8 Å². The van der Waals surface area contributed by atoms with E-state index in [9.17, 15) is 9.90 Å². The molecule has 0 aliphatic heterocycles. The average molecular weight is 355 g/mol. The molecule has 0 atom stereocenters. The number of carbonyl (C=O) groups excluding carboxylic acids is 1. The Labute approximate surface area is 130 Å². The first kappa shape index (κ1) is 14.9. The molecule has 0 aliphatic rings. The summed E-state index contributed by atoms with van der Waals surface area (Å²) in [5.41, 5.74) is 1.40. The van der Waals surface area contributed by atoms with Gasteiger partial charge in [0.2, 0.25) is 0 Å². The Hall–Kier alpha value is -1.52. The molecule has 0 saturated heterocycles. The number of carbonyl (C=O) groups is 1. The first-order valence-electron chi connectivity index (χ1n) is 5.96. The van der Waals surface area contributed by atoms with Crippen LogP contribution in [0.2, 0.25) is 5.02 Å². The minimum atomic E-state index is -0.149. The number of hydrogen-bond acceptors (Lipinski definition) is 2. The lowest BCUT2D eigenvalue weighted by atomic mass is 10.1. The number of hydrogen-bond donors (Lipinski definition) is 1. The fraction of sp³-hybridized carbons (Fsp3) is 0.133. The molecule has 0 heterocycles. The lowest BCUT2D eigenvalue weighted by Crippen LogP contribution is -2.26. The van der Waals surface area contributed by atoms with Crippen LogP contribution in [0.1, 0.15) is 15.9 Å². The van der Waals surface area contributed by atoms with Crippen molar-refractivity contribution in [3.05, 3.63) is 63.1 Å². The van der Waals surface area contributed by atoms with Crippen LogP contribution in [0, 0.1) is 0 Å². The molecule has 0 saturated carbocycles. The number of amides is 1. The Balaban J connectivity index is 2.16. The number of rotatable bonds is 3. The van der Waals surface area contributed by atoms with Crippen LogP contribution in [0.15, 0.2) is 46.9 Å². The Morgan fingerprint density at radius 3 is 2.55 bits per heavy atom. The molecule has 2 rings (SSSR count). The molecule has 0 spiro atoms. The second-order valence-electron chi connectivity index (χ2n) is 4.43. The van der Waals surface area contributed by atoms with Crippen molar-refractivity contribution in [3.8, 4) is 5.75 Å². The van der Waals surface area contributed by atoms with Crippen molar-refractivity contribution in [2.45, 2.75) is 6.54 Å². The number of phenolic OH excluding ortho intramolecular Hbond substituents is 1. The van der Waals surface area contributed by atoms with Crippen LogP contribution in [0.4, 0.5) is 0 Å².